The molecular formula is C41H39IrN3OS-2. The van der Waals surface area contributed by atoms with Crippen LogP contribution in [0.2, 0.25) is 0 Å². The Morgan fingerprint density at radius 2 is 1.53 bits per heavy atom. The van der Waals surface area contributed by atoms with Crippen molar-refractivity contribution >= 4 is 43.5 Å². The van der Waals surface area contributed by atoms with Gasteiger partial charge in [0.2, 0.25) is 5.71 Å². The Balaban J connectivity index is 0.000000204. The fourth-order valence-electron chi connectivity index (χ4n) is 6.48. The van der Waals surface area contributed by atoms with Crippen LogP contribution < -0.4 is 0 Å². The molecule has 0 unspecified atom stereocenters. The SMILES string of the molecule is Cc1c[c-]c(-c2cc(C)c(C)cn2)cc1.Cc1ccc2c(n1)oc1c(-c3cc4sc5c(c4cn3)C(C)(C)CCC5(C)C)[c-]ccc12.[Ir]. The van der Waals surface area contributed by atoms with Crippen LogP contribution in [0.5, 0.6) is 0 Å². The monoisotopic (exact) mass is 814 g/mol. The molecule has 0 amide bonds. The Labute approximate surface area is 295 Å². The number of aromatic nitrogens is 3. The normalized spacial score (nSPS) is 14.8. The van der Waals surface area contributed by atoms with E-state index >= 15 is 0 Å². The summed E-state index contributed by atoms with van der Waals surface area (Å²) in [5.41, 5.74) is 11.9. The van der Waals surface area contributed by atoms with Gasteiger partial charge in [0.15, 0.2) is 0 Å². The first-order valence-corrected chi connectivity index (χ1v) is 16.8. The molecule has 0 saturated carbocycles. The van der Waals surface area contributed by atoms with Crippen molar-refractivity contribution in [2.45, 2.75) is 79.1 Å². The van der Waals surface area contributed by atoms with E-state index in [1.165, 1.54) is 50.1 Å². The third-order valence-corrected chi connectivity index (χ3v) is 11.1. The summed E-state index contributed by atoms with van der Waals surface area (Å²) in [6, 6.07) is 25.2. The third kappa shape index (κ3) is 6.08. The summed E-state index contributed by atoms with van der Waals surface area (Å²) < 4.78 is 7.50. The molecule has 0 fully saturated rings. The first-order chi connectivity index (χ1) is 21.9. The number of furan rings is 1. The molecule has 47 heavy (non-hydrogen) atoms. The Hall–Kier alpha value is -3.70. The van der Waals surface area contributed by atoms with Crippen LogP contribution in [0.3, 0.4) is 0 Å². The molecule has 2 aromatic carbocycles. The van der Waals surface area contributed by atoms with Gasteiger partial charge in [0.1, 0.15) is 0 Å². The molecule has 0 saturated heterocycles. The van der Waals surface area contributed by atoms with Gasteiger partial charge in [0, 0.05) is 58.5 Å². The minimum atomic E-state index is 0. The van der Waals surface area contributed by atoms with Gasteiger partial charge in [-0.1, -0.05) is 63.3 Å². The van der Waals surface area contributed by atoms with Gasteiger partial charge in [-0.3, -0.25) is 0 Å². The van der Waals surface area contributed by atoms with E-state index in [0.29, 0.717) is 5.71 Å². The van der Waals surface area contributed by atoms with Crippen LogP contribution >= 0.6 is 11.3 Å². The molecule has 1 aliphatic rings. The summed E-state index contributed by atoms with van der Waals surface area (Å²) >= 11 is 1.93. The van der Waals surface area contributed by atoms with Gasteiger partial charge >= 0.3 is 0 Å². The second-order valence-corrected chi connectivity index (χ2v) is 15.1. The number of fused-ring (bicyclic) bond motifs is 6. The molecule has 0 spiro atoms. The summed E-state index contributed by atoms with van der Waals surface area (Å²) in [6.45, 7) is 17.7. The Morgan fingerprint density at radius 1 is 0.766 bits per heavy atom. The molecule has 1 radical (unpaired) electrons. The van der Waals surface area contributed by atoms with Crippen molar-refractivity contribution in [1.29, 1.82) is 0 Å². The molecule has 0 atom stereocenters. The molecule has 241 valence electrons. The van der Waals surface area contributed by atoms with Gasteiger partial charge in [-0.15, -0.1) is 64.9 Å². The standard InChI is InChI=1S/C27H25N2OS.C14H14N.Ir/c1-15-9-10-17-16-7-6-8-18(23(16)30-25(17)29-15)20-13-21-19(14-28-20)22-24(31-21)27(4,5)12-11-26(22,2)3;1-10-4-6-13(7-5-10)14-8-11(2)12(3)9-15-14;/h6-7,9-10,13-14H,11-12H2,1-5H3;4-6,8-9H,1-3H3;/q2*-1;. The van der Waals surface area contributed by atoms with Crippen molar-refractivity contribution in [3.05, 3.63) is 112 Å². The van der Waals surface area contributed by atoms with Crippen molar-refractivity contribution < 1.29 is 24.5 Å². The van der Waals surface area contributed by atoms with Crippen LogP contribution in [0.15, 0.2) is 71.4 Å². The molecule has 4 nitrogen and oxygen atoms in total. The summed E-state index contributed by atoms with van der Waals surface area (Å²) in [6.07, 6.45) is 6.41. The first-order valence-electron chi connectivity index (χ1n) is 16.0. The average Bonchev–Trinajstić information content (AvgIpc) is 3.61. The smallest absolute Gasteiger partial charge is 0.216 e. The van der Waals surface area contributed by atoms with Crippen LogP contribution in [0.25, 0.3) is 54.7 Å². The van der Waals surface area contributed by atoms with Crippen LogP contribution in [0.1, 0.15) is 73.4 Å². The van der Waals surface area contributed by atoms with Crippen molar-refractivity contribution in [2.75, 3.05) is 0 Å². The van der Waals surface area contributed by atoms with E-state index in [4.69, 9.17) is 9.40 Å². The Kier molecular flexibility index (Phi) is 8.76. The fourth-order valence-corrected chi connectivity index (χ4v) is 8.00. The van der Waals surface area contributed by atoms with Gasteiger partial charge in [0.25, 0.3) is 0 Å². The second kappa shape index (κ2) is 12.4. The topological polar surface area (TPSA) is 51.8 Å². The quantitative estimate of drug-likeness (QED) is 0.163. The van der Waals surface area contributed by atoms with E-state index < -0.39 is 0 Å². The molecule has 5 aromatic heterocycles. The summed E-state index contributed by atoms with van der Waals surface area (Å²) in [5, 5.41) is 3.40. The van der Waals surface area contributed by atoms with Gasteiger partial charge < -0.3 is 14.4 Å². The second-order valence-electron chi connectivity index (χ2n) is 14.1. The molecule has 0 N–H and O–H groups in total. The number of rotatable bonds is 2. The zero-order valence-corrected chi connectivity index (χ0v) is 31.5. The van der Waals surface area contributed by atoms with E-state index in [-0.39, 0.29) is 30.9 Å². The van der Waals surface area contributed by atoms with E-state index in [2.05, 4.69) is 113 Å². The predicted molar refractivity (Wildman–Crippen MR) is 192 cm³/mol. The molecule has 7 aromatic rings. The van der Waals surface area contributed by atoms with Crippen molar-refractivity contribution in [1.82, 2.24) is 15.0 Å². The van der Waals surface area contributed by atoms with Crippen molar-refractivity contribution in [2.24, 2.45) is 0 Å². The summed E-state index contributed by atoms with van der Waals surface area (Å²) in [7, 11) is 0. The van der Waals surface area contributed by atoms with E-state index in [0.717, 1.165) is 44.6 Å². The number of nitrogens with zero attached hydrogens (tertiary/aromatic N) is 3. The summed E-state index contributed by atoms with van der Waals surface area (Å²) in [4.78, 5) is 15.4. The number of hydrogen-bond donors (Lipinski definition) is 0. The minimum absolute atomic E-state index is 0. The molecule has 1 aliphatic carbocycles. The summed E-state index contributed by atoms with van der Waals surface area (Å²) in [5.74, 6) is 0. The molecule has 0 bridgehead atoms. The van der Waals surface area contributed by atoms with Gasteiger partial charge in [-0.05, 0) is 79.1 Å². The first kappa shape index (κ1) is 33.2. The maximum absolute atomic E-state index is 6.20. The third-order valence-electron chi connectivity index (χ3n) is 9.55. The van der Waals surface area contributed by atoms with E-state index in [9.17, 15) is 0 Å². The number of pyridine rings is 3. The van der Waals surface area contributed by atoms with Crippen molar-refractivity contribution in [3.8, 4) is 22.5 Å². The Bertz CT molecular complexity index is 2260. The fraction of sp³-hybridized carbons (Fsp3) is 0.293. The maximum Gasteiger partial charge on any atom is 0.216 e. The zero-order chi connectivity index (χ0) is 32.4. The molecule has 0 aliphatic heterocycles. The number of hydrogen-bond acceptors (Lipinski definition) is 5. The van der Waals surface area contributed by atoms with Crippen LogP contribution in [0, 0.1) is 39.8 Å². The van der Waals surface area contributed by atoms with E-state index in [1.807, 2.05) is 42.7 Å². The number of thiophene rings is 1. The van der Waals surface area contributed by atoms with Crippen LogP contribution in [-0.2, 0) is 30.9 Å². The zero-order valence-electron chi connectivity index (χ0n) is 28.3. The van der Waals surface area contributed by atoms with Gasteiger partial charge in [-0.2, -0.15) is 0 Å². The average molecular weight is 814 g/mol. The number of benzene rings is 2. The Morgan fingerprint density at radius 3 is 2.28 bits per heavy atom. The minimum Gasteiger partial charge on any atom is -0.486 e. The molecule has 8 rings (SSSR count). The molecule has 6 heteroatoms. The molecule has 5 heterocycles. The maximum atomic E-state index is 6.20. The van der Waals surface area contributed by atoms with Gasteiger partial charge in [-0.25, -0.2) is 4.98 Å². The molecular weight excluding hydrogens is 775 g/mol. The largest absolute Gasteiger partial charge is 0.486 e. The van der Waals surface area contributed by atoms with Crippen molar-refractivity contribution in [3.63, 3.8) is 0 Å². The number of aryl methyl sites for hydroxylation is 4. The van der Waals surface area contributed by atoms with Gasteiger partial charge in [0.05, 0.1) is 5.58 Å². The predicted octanol–water partition coefficient (Wildman–Crippen LogP) is 11.2. The van der Waals surface area contributed by atoms with E-state index in [1.54, 1.807) is 0 Å². The van der Waals surface area contributed by atoms with Crippen LogP contribution in [-0.4, -0.2) is 15.0 Å². The van der Waals surface area contributed by atoms with Crippen LogP contribution in [0.4, 0.5) is 0 Å².